The lowest BCUT2D eigenvalue weighted by Gasteiger charge is -2.30. The number of halogens is 2. The van der Waals surface area contributed by atoms with Crippen molar-refractivity contribution in [3.05, 3.63) is 50.5 Å². The number of nitrogens with one attached hydrogen (secondary N) is 2. The molecular weight excluding hydrogens is 415 g/mol. The first-order chi connectivity index (χ1) is 14.1. The van der Waals surface area contributed by atoms with Gasteiger partial charge in [-0.05, 0) is 37.2 Å². The number of nitrogens with zero attached hydrogens (tertiary/aromatic N) is 4. The molecule has 3 aromatic rings. The van der Waals surface area contributed by atoms with Gasteiger partial charge in [0.05, 0.1) is 29.6 Å². The SMILES string of the molecule is O=c1[nH]c(NCc2ccc(Cl)c(Cl)c2)nc2ncn(CCOCCN3CCC3)c12. The lowest BCUT2D eigenvalue weighted by atomic mass is 10.2. The van der Waals surface area contributed by atoms with Crippen LogP contribution in [0.25, 0.3) is 11.2 Å². The van der Waals surface area contributed by atoms with Crippen molar-refractivity contribution >= 4 is 40.3 Å². The Labute approximate surface area is 177 Å². The Bertz CT molecular complexity index is 1050. The van der Waals surface area contributed by atoms with Crippen molar-refractivity contribution in [1.82, 2.24) is 24.4 Å². The number of aromatic amines is 1. The Kier molecular flexibility index (Phi) is 6.34. The van der Waals surface area contributed by atoms with Gasteiger partial charge in [-0.2, -0.15) is 4.98 Å². The van der Waals surface area contributed by atoms with E-state index in [1.54, 1.807) is 23.0 Å². The summed E-state index contributed by atoms with van der Waals surface area (Å²) in [6, 6.07) is 5.35. The zero-order valence-electron chi connectivity index (χ0n) is 15.8. The second-order valence-electron chi connectivity index (χ2n) is 6.93. The molecule has 0 amide bonds. The number of imidazole rings is 1. The molecule has 154 valence electrons. The highest BCUT2D eigenvalue weighted by Gasteiger charge is 2.13. The summed E-state index contributed by atoms with van der Waals surface area (Å²) < 4.78 is 7.45. The van der Waals surface area contributed by atoms with Crippen LogP contribution in [0.5, 0.6) is 0 Å². The molecule has 1 aromatic carbocycles. The Balaban J connectivity index is 1.36. The predicted octanol–water partition coefficient (Wildman–Crippen LogP) is 2.76. The van der Waals surface area contributed by atoms with E-state index in [1.807, 2.05) is 6.07 Å². The van der Waals surface area contributed by atoms with Gasteiger partial charge in [0, 0.05) is 19.6 Å². The van der Waals surface area contributed by atoms with Crippen molar-refractivity contribution in [2.45, 2.75) is 19.5 Å². The van der Waals surface area contributed by atoms with Crippen LogP contribution >= 0.6 is 23.2 Å². The predicted molar refractivity (Wildman–Crippen MR) is 114 cm³/mol. The van der Waals surface area contributed by atoms with E-state index < -0.39 is 0 Å². The highest BCUT2D eigenvalue weighted by Crippen LogP contribution is 2.22. The number of hydrogen-bond acceptors (Lipinski definition) is 6. The van der Waals surface area contributed by atoms with E-state index in [-0.39, 0.29) is 5.56 Å². The van der Waals surface area contributed by atoms with Crippen LogP contribution in [0.2, 0.25) is 10.0 Å². The maximum Gasteiger partial charge on any atom is 0.278 e. The lowest BCUT2D eigenvalue weighted by molar-refractivity contribution is 0.0771. The molecule has 1 saturated heterocycles. The third kappa shape index (κ3) is 4.90. The van der Waals surface area contributed by atoms with Crippen molar-refractivity contribution in [2.24, 2.45) is 0 Å². The number of hydrogen-bond donors (Lipinski definition) is 2. The van der Waals surface area contributed by atoms with Crippen molar-refractivity contribution in [2.75, 3.05) is 38.2 Å². The molecule has 1 fully saturated rings. The number of ether oxygens (including phenoxy) is 1. The maximum atomic E-state index is 12.5. The van der Waals surface area contributed by atoms with Gasteiger partial charge in [-0.15, -0.1) is 0 Å². The number of likely N-dealkylation sites (tertiary alicyclic amines) is 1. The molecule has 0 bridgehead atoms. The zero-order valence-corrected chi connectivity index (χ0v) is 17.3. The first kappa shape index (κ1) is 20.2. The van der Waals surface area contributed by atoms with Crippen LogP contribution in [0.3, 0.4) is 0 Å². The van der Waals surface area contributed by atoms with E-state index in [0.29, 0.717) is 53.5 Å². The van der Waals surface area contributed by atoms with Gasteiger partial charge in [0.15, 0.2) is 11.2 Å². The van der Waals surface area contributed by atoms with Gasteiger partial charge in [-0.1, -0.05) is 29.3 Å². The summed E-state index contributed by atoms with van der Waals surface area (Å²) >= 11 is 12.0. The number of H-pyrrole nitrogens is 1. The summed E-state index contributed by atoms with van der Waals surface area (Å²) in [5.41, 5.74) is 1.51. The highest BCUT2D eigenvalue weighted by atomic mass is 35.5. The van der Waals surface area contributed by atoms with Gasteiger partial charge < -0.3 is 19.5 Å². The molecule has 0 unspecified atom stereocenters. The topological polar surface area (TPSA) is 88.1 Å². The molecule has 0 spiro atoms. The molecule has 8 nitrogen and oxygen atoms in total. The smallest absolute Gasteiger partial charge is 0.278 e. The van der Waals surface area contributed by atoms with Gasteiger partial charge >= 0.3 is 0 Å². The van der Waals surface area contributed by atoms with E-state index in [0.717, 1.165) is 25.2 Å². The zero-order chi connectivity index (χ0) is 20.2. The molecule has 2 aromatic heterocycles. The Morgan fingerprint density at radius 3 is 2.76 bits per heavy atom. The van der Waals surface area contributed by atoms with Gasteiger partial charge in [0.25, 0.3) is 5.56 Å². The normalized spacial score (nSPS) is 14.3. The van der Waals surface area contributed by atoms with Gasteiger partial charge in [-0.3, -0.25) is 9.78 Å². The Morgan fingerprint density at radius 1 is 1.17 bits per heavy atom. The minimum atomic E-state index is -0.246. The molecule has 2 N–H and O–H groups in total. The van der Waals surface area contributed by atoms with Crippen molar-refractivity contribution in [3.8, 4) is 0 Å². The molecule has 0 saturated carbocycles. The molecule has 3 heterocycles. The summed E-state index contributed by atoms with van der Waals surface area (Å²) in [5.74, 6) is 0.352. The van der Waals surface area contributed by atoms with Crippen molar-refractivity contribution in [1.29, 1.82) is 0 Å². The van der Waals surface area contributed by atoms with E-state index in [4.69, 9.17) is 27.9 Å². The van der Waals surface area contributed by atoms with Crippen LogP contribution in [0.1, 0.15) is 12.0 Å². The number of aromatic nitrogens is 4. The fourth-order valence-electron chi connectivity index (χ4n) is 3.14. The second kappa shape index (κ2) is 9.13. The third-order valence-corrected chi connectivity index (χ3v) is 5.64. The van der Waals surface area contributed by atoms with E-state index in [1.165, 1.54) is 6.42 Å². The minimum absolute atomic E-state index is 0.246. The fourth-order valence-corrected chi connectivity index (χ4v) is 3.46. The molecule has 0 atom stereocenters. The largest absolute Gasteiger partial charge is 0.378 e. The van der Waals surface area contributed by atoms with Crippen LogP contribution in [-0.4, -0.2) is 57.3 Å². The monoisotopic (exact) mass is 436 g/mol. The van der Waals surface area contributed by atoms with Crippen LogP contribution in [0.4, 0.5) is 5.95 Å². The van der Waals surface area contributed by atoms with E-state index in [2.05, 4.69) is 25.2 Å². The fraction of sp³-hybridized carbons (Fsp3) is 0.421. The van der Waals surface area contributed by atoms with Crippen LogP contribution in [0.15, 0.2) is 29.3 Å². The van der Waals surface area contributed by atoms with Crippen molar-refractivity contribution in [3.63, 3.8) is 0 Å². The van der Waals surface area contributed by atoms with Gasteiger partial charge in [-0.25, -0.2) is 4.98 Å². The molecule has 29 heavy (non-hydrogen) atoms. The number of anilines is 1. The standard InChI is InChI=1S/C19H22Cl2N6O2/c20-14-3-2-13(10-15(14)21)11-22-19-24-17-16(18(28)25-19)27(12-23-17)7-9-29-8-6-26-4-1-5-26/h2-3,10,12H,1,4-9,11H2,(H2,22,24,25,28). The summed E-state index contributed by atoms with van der Waals surface area (Å²) in [7, 11) is 0. The summed E-state index contributed by atoms with van der Waals surface area (Å²) in [5, 5.41) is 4.06. The molecule has 10 heteroatoms. The molecule has 1 aliphatic rings. The molecule has 0 radical (unpaired) electrons. The molecular formula is C19H22Cl2N6O2. The third-order valence-electron chi connectivity index (χ3n) is 4.90. The number of fused-ring (bicyclic) bond motifs is 1. The number of rotatable bonds is 9. The maximum absolute atomic E-state index is 12.5. The van der Waals surface area contributed by atoms with Gasteiger partial charge in [0.2, 0.25) is 5.95 Å². The minimum Gasteiger partial charge on any atom is -0.378 e. The summed E-state index contributed by atoms with van der Waals surface area (Å²) in [4.78, 5) is 26.3. The average Bonchev–Trinajstić information content (AvgIpc) is 3.07. The van der Waals surface area contributed by atoms with Crippen LogP contribution in [-0.2, 0) is 17.8 Å². The van der Waals surface area contributed by atoms with Gasteiger partial charge in [0.1, 0.15) is 0 Å². The van der Waals surface area contributed by atoms with E-state index in [9.17, 15) is 4.79 Å². The van der Waals surface area contributed by atoms with Crippen LogP contribution in [0, 0.1) is 0 Å². The Morgan fingerprint density at radius 2 is 2.00 bits per heavy atom. The van der Waals surface area contributed by atoms with Crippen molar-refractivity contribution < 1.29 is 4.74 Å². The lowest BCUT2D eigenvalue weighted by Crippen LogP contribution is -2.39. The van der Waals surface area contributed by atoms with E-state index >= 15 is 0 Å². The quantitative estimate of drug-likeness (QED) is 0.501. The summed E-state index contributed by atoms with van der Waals surface area (Å²) in [6.45, 7) is 5.50. The summed E-state index contributed by atoms with van der Waals surface area (Å²) in [6.07, 6.45) is 2.90. The second-order valence-corrected chi connectivity index (χ2v) is 7.75. The highest BCUT2D eigenvalue weighted by molar-refractivity contribution is 6.42. The average molecular weight is 437 g/mol. The first-order valence-electron chi connectivity index (χ1n) is 9.53. The first-order valence-corrected chi connectivity index (χ1v) is 10.3. The molecule has 1 aliphatic heterocycles. The molecule has 4 rings (SSSR count). The Hall–Kier alpha value is -2.13. The van der Waals surface area contributed by atoms with Crippen LogP contribution < -0.4 is 10.9 Å². The number of benzene rings is 1. The molecule has 0 aliphatic carbocycles.